The van der Waals surface area contributed by atoms with Gasteiger partial charge in [-0.25, -0.2) is 4.39 Å². The number of rotatable bonds is 15. The Hall–Kier alpha value is -3.17. The molecule has 2 atom stereocenters. The molecule has 1 saturated heterocycles. The zero-order valence-electron chi connectivity index (χ0n) is 24.7. The minimum Gasteiger partial charge on any atom is -0.492 e. The summed E-state index contributed by atoms with van der Waals surface area (Å²) in [5, 5.41) is 6.90. The molecule has 3 aromatic carbocycles. The number of methoxy groups -OCH3 is 1. The van der Waals surface area contributed by atoms with Crippen LogP contribution in [0.5, 0.6) is 11.5 Å². The highest BCUT2D eigenvalue weighted by molar-refractivity contribution is 5.61. The SMILES string of the molecule is COCCCN1CCOc2ccc(COC3CNCCC3c3ccc(OCCNCCc4ccc(F)cc4)cc3)cc21. The fraction of sp³-hybridized carbons (Fsp3) is 0.471. The van der Waals surface area contributed by atoms with Crippen molar-refractivity contribution in [3.05, 3.63) is 89.2 Å². The molecule has 0 amide bonds. The molecule has 2 N–H and O–H groups in total. The number of nitrogens with zero attached hydrogens (tertiary/aromatic N) is 1. The maximum atomic E-state index is 13.0. The van der Waals surface area contributed by atoms with Crippen LogP contribution < -0.4 is 25.0 Å². The second kappa shape index (κ2) is 15.9. The quantitative estimate of drug-likeness (QED) is 0.248. The van der Waals surface area contributed by atoms with E-state index in [2.05, 4.69) is 58.0 Å². The summed E-state index contributed by atoms with van der Waals surface area (Å²) < 4.78 is 36.7. The summed E-state index contributed by atoms with van der Waals surface area (Å²) in [5.74, 6) is 1.95. The molecule has 0 bridgehead atoms. The van der Waals surface area contributed by atoms with Crippen LogP contribution >= 0.6 is 0 Å². The van der Waals surface area contributed by atoms with Gasteiger partial charge in [0.15, 0.2) is 0 Å². The van der Waals surface area contributed by atoms with E-state index in [0.717, 1.165) is 93.5 Å². The van der Waals surface area contributed by atoms with Crippen molar-refractivity contribution in [3.63, 3.8) is 0 Å². The molecule has 0 aliphatic carbocycles. The van der Waals surface area contributed by atoms with Crippen molar-refractivity contribution in [2.75, 3.05) is 71.1 Å². The number of fused-ring (bicyclic) bond motifs is 1. The lowest BCUT2D eigenvalue weighted by atomic mass is 9.87. The number of piperidine rings is 1. The molecule has 42 heavy (non-hydrogen) atoms. The van der Waals surface area contributed by atoms with Crippen molar-refractivity contribution in [1.82, 2.24) is 10.6 Å². The lowest BCUT2D eigenvalue weighted by Gasteiger charge is -2.33. The predicted octanol–water partition coefficient (Wildman–Crippen LogP) is 4.93. The summed E-state index contributed by atoms with van der Waals surface area (Å²) in [6, 6.07) is 21.6. The molecule has 7 nitrogen and oxygen atoms in total. The highest BCUT2D eigenvalue weighted by Gasteiger charge is 2.27. The molecular weight excluding hydrogens is 533 g/mol. The predicted molar refractivity (Wildman–Crippen MR) is 164 cm³/mol. The zero-order chi connectivity index (χ0) is 29.0. The Bertz CT molecular complexity index is 1220. The van der Waals surface area contributed by atoms with E-state index in [-0.39, 0.29) is 11.9 Å². The molecule has 0 aromatic heterocycles. The van der Waals surface area contributed by atoms with Crippen LogP contribution in [0, 0.1) is 5.82 Å². The van der Waals surface area contributed by atoms with E-state index in [4.69, 9.17) is 18.9 Å². The number of halogens is 1. The van der Waals surface area contributed by atoms with Crippen molar-refractivity contribution in [2.24, 2.45) is 0 Å². The minimum atomic E-state index is -0.197. The normalized spacial score (nSPS) is 18.4. The number of hydrogen-bond donors (Lipinski definition) is 2. The van der Waals surface area contributed by atoms with Crippen molar-refractivity contribution >= 4 is 5.69 Å². The summed E-state index contributed by atoms with van der Waals surface area (Å²) in [5.41, 5.74) is 4.72. The number of ether oxygens (including phenoxy) is 4. The van der Waals surface area contributed by atoms with Gasteiger partial charge in [-0.15, -0.1) is 0 Å². The largest absolute Gasteiger partial charge is 0.492 e. The molecule has 3 aromatic rings. The maximum absolute atomic E-state index is 13.0. The molecule has 2 heterocycles. The van der Waals surface area contributed by atoms with E-state index in [1.165, 1.54) is 17.7 Å². The van der Waals surface area contributed by atoms with Crippen LogP contribution in [0.15, 0.2) is 66.7 Å². The molecule has 0 radical (unpaired) electrons. The van der Waals surface area contributed by atoms with Crippen LogP contribution in [0.1, 0.15) is 35.4 Å². The van der Waals surface area contributed by atoms with Gasteiger partial charge in [-0.1, -0.05) is 30.3 Å². The molecule has 1 fully saturated rings. The minimum absolute atomic E-state index is 0.0981. The fourth-order valence-corrected chi connectivity index (χ4v) is 5.69. The molecule has 8 heteroatoms. The lowest BCUT2D eigenvalue weighted by molar-refractivity contribution is 0.0106. The van der Waals surface area contributed by atoms with Crippen molar-refractivity contribution in [3.8, 4) is 11.5 Å². The van der Waals surface area contributed by atoms with Crippen LogP contribution in [0.4, 0.5) is 10.1 Å². The molecule has 2 unspecified atom stereocenters. The van der Waals surface area contributed by atoms with Crippen LogP contribution in [-0.4, -0.2) is 72.3 Å². The Morgan fingerprint density at radius 2 is 1.83 bits per heavy atom. The number of benzene rings is 3. The van der Waals surface area contributed by atoms with Crippen molar-refractivity contribution in [1.29, 1.82) is 0 Å². The average molecular weight is 578 g/mol. The van der Waals surface area contributed by atoms with Gasteiger partial charge in [-0.2, -0.15) is 0 Å². The van der Waals surface area contributed by atoms with Crippen molar-refractivity contribution < 1.29 is 23.3 Å². The Morgan fingerprint density at radius 1 is 1.00 bits per heavy atom. The third kappa shape index (κ3) is 8.67. The molecule has 2 aliphatic rings. The van der Waals surface area contributed by atoms with E-state index in [9.17, 15) is 4.39 Å². The summed E-state index contributed by atoms with van der Waals surface area (Å²) in [4.78, 5) is 2.39. The average Bonchev–Trinajstić information content (AvgIpc) is 3.03. The third-order valence-corrected chi connectivity index (χ3v) is 8.01. The van der Waals surface area contributed by atoms with Crippen LogP contribution in [0.25, 0.3) is 0 Å². The number of anilines is 1. The second-order valence-corrected chi connectivity index (χ2v) is 11.0. The monoisotopic (exact) mass is 577 g/mol. The molecule has 0 spiro atoms. The first-order chi connectivity index (χ1) is 20.7. The summed E-state index contributed by atoms with van der Waals surface area (Å²) in [7, 11) is 1.75. The van der Waals surface area contributed by atoms with E-state index in [1.807, 2.05) is 12.1 Å². The summed E-state index contributed by atoms with van der Waals surface area (Å²) >= 11 is 0. The molecule has 226 valence electrons. The van der Waals surface area contributed by atoms with Gasteiger partial charge in [0.25, 0.3) is 0 Å². The summed E-state index contributed by atoms with van der Waals surface area (Å²) in [6.07, 6.45) is 2.99. The third-order valence-electron chi connectivity index (χ3n) is 8.01. The first-order valence-corrected chi connectivity index (χ1v) is 15.2. The van der Waals surface area contributed by atoms with Gasteiger partial charge in [0, 0.05) is 39.3 Å². The van der Waals surface area contributed by atoms with E-state index in [0.29, 0.717) is 25.7 Å². The van der Waals surface area contributed by atoms with Crippen molar-refractivity contribution in [2.45, 2.75) is 37.9 Å². The highest BCUT2D eigenvalue weighted by atomic mass is 19.1. The second-order valence-electron chi connectivity index (χ2n) is 11.0. The maximum Gasteiger partial charge on any atom is 0.142 e. The Labute approximate surface area is 249 Å². The Balaban J connectivity index is 1.08. The highest BCUT2D eigenvalue weighted by Crippen LogP contribution is 2.34. The van der Waals surface area contributed by atoms with E-state index in [1.54, 1.807) is 7.11 Å². The number of nitrogens with one attached hydrogen (secondary N) is 2. The first kappa shape index (κ1) is 30.3. The Morgan fingerprint density at radius 3 is 2.67 bits per heavy atom. The van der Waals surface area contributed by atoms with E-state index < -0.39 is 0 Å². The zero-order valence-corrected chi connectivity index (χ0v) is 24.7. The smallest absolute Gasteiger partial charge is 0.142 e. The van der Waals surface area contributed by atoms with Gasteiger partial charge in [-0.3, -0.25) is 0 Å². The molecular formula is C34H44FN3O4. The fourth-order valence-electron chi connectivity index (χ4n) is 5.69. The molecule has 5 rings (SSSR count). The van der Waals surface area contributed by atoms with Gasteiger partial charge in [0.1, 0.15) is 30.5 Å². The number of hydrogen-bond acceptors (Lipinski definition) is 7. The molecule has 2 aliphatic heterocycles. The Kier molecular flexibility index (Phi) is 11.5. The van der Waals surface area contributed by atoms with Gasteiger partial charge in [-0.05, 0) is 85.4 Å². The summed E-state index contributed by atoms with van der Waals surface area (Å²) in [6.45, 7) is 7.89. The van der Waals surface area contributed by atoms with Gasteiger partial charge >= 0.3 is 0 Å². The first-order valence-electron chi connectivity index (χ1n) is 15.2. The standard InChI is InChI=1S/C34H44FN3O4/c1-39-20-2-18-38-19-22-41-33-12-5-27(23-32(33)38)25-42-34-24-37-16-14-31(34)28-6-10-30(11-7-28)40-21-17-36-15-13-26-3-8-29(35)9-4-26/h3-12,23,31,34,36-37H,2,13-22,24-25H2,1H3. The lowest BCUT2D eigenvalue weighted by Crippen LogP contribution is -2.41. The molecule has 0 saturated carbocycles. The van der Waals surface area contributed by atoms with Gasteiger partial charge in [0.05, 0.1) is 24.9 Å². The van der Waals surface area contributed by atoms with Crippen LogP contribution in [0.2, 0.25) is 0 Å². The van der Waals surface area contributed by atoms with Crippen LogP contribution in [0.3, 0.4) is 0 Å². The van der Waals surface area contributed by atoms with E-state index >= 15 is 0 Å². The topological polar surface area (TPSA) is 64.2 Å². The van der Waals surface area contributed by atoms with Gasteiger partial charge in [0.2, 0.25) is 0 Å². The van der Waals surface area contributed by atoms with Gasteiger partial charge < -0.3 is 34.5 Å². The van der Waals surface area contributed by atoms with Crippen LogP contribution in [-0.2, 0) is 22.5 Å².